The number of benzene rings is 2. The van der Waals surface area contributed by atoms with Crippen molar-refractivity contribution in [1.29, 1.82) is 0 Å². The highest BCUT2D eigenvalue weighted by atomic mass is 35.5. The van der Waals surface area contributed by atoms with Gasteiger partial charge in [-0.2, -0.15) is 4.68 Å². The minimum absolute atomic E-state index is 0.316. The van der Waals surface area contributed by atoms with Gasteiger partial charge in [-0.05, 0) is 58.0 Å². The SMILES string of the molecule is COc1ccc([C@H]2Oc3ccc(Cl)cc3C3=C2[C@H](c2cccnc2)n2nnnc2N3)cc1. The summed E-state index contributed by atoms with van der Waals surface area (Å²) in [6, 6.07) is 17.1. The highest BCUT2D eigenvalue weighted by Crippen LogP contribution is 2.50. The number of rotatable bonds is 3. The van der Waals surface area contributed by atoms with E-state index in [1.54, 1.807) is 18.0 Å². The molecule has 1 N–H and O–H groups in total. The van der Waals surface area contributed by atoms with Crippen LogP contribution >= 0.6 is 11.6 Å². The Bertz CT molecular complexity index is 1340. The molecule has 0 radical (unpaired) electrons. The topological polar surface area (TPSA) is 87.0 Å². The second kappa shape index (κ2) is 7.35. The van der Waals surface area contributed by atoms with Crippen molar-refractivity contribution in [2.24, 2.45) is 0 Å². The van der Waals surface area contributed by atoms with Crippen molar-refractivity contribution < 1.29 is 9.47 Å². The Morgan fingerprint density at radius 3 is 2.75 bits per heavy atom. The molecular weight excluding hydrogens is 428 g/mol. The van der Waals surface area contributed by atoms with E-state index in [9.17, 15) is 0 Å². The lowest BCUT2D eigenvalue weighted by atomic mass is 9.85. The minimum Gasteiger partial charge on any atom is -0.497 e. The van der Waals surface area contributed by atoms with Gasteiger partial charge in [0.25, 0.3) is 0 Å². The van der Waals surface area contributed by atoms with Gasteiger partial charge in [0.1, 0.15) is 23.6 Å². The van der Waals surface area contributed by atoms with Crippen LogP contribution in [-0.2, 0) is 0 Å². The molecule has 6 rings (SSSR count). The van der Waals surface area contributed by atoms with Crippen LogP contribution in [0.5, 0.6) is 11.5 Å². The number of halogens is 1. The maximum atomic E-state index is 6.56. The van der Waals surface area contributed by atoms with Gasteiger partial charge in [-0.15, -0.1) is 0 Å². The molecule has 2 atom stereocenters. The average Bonchev–Trinajstić information content (AvgIpc) is 3.31. The molecule has 0 unspecified atom stereocenters. The number of tetrazole rings is 1. The van der Waals surface area contributed by atoms with Crippen molar-refractivity contribution in [3.63, 3.8) is 0 Å². The fraction of sp³-hybridized carbons (Fsp3) is 0.130. The molecule has 9 heteroatoms. The van der Waals surface area contributed by atoms with Crippen molar-refractivity contribution in [2.45, 2.75) is 12.1 Å². The normalized spacial score (nSPS) is 18.7. The lowest BCUT2D eigenvalue weighted by molar-refractivity contribution is 0.222. The number of fused-ring (bicyclic) bond motifs is 3. The Hall–Kier alpha value is -3.91. The number of pyridine rings is 1. The highest BCUT2D eigenvalue weighted by Gasteiger charge is 2.41. The van der Waals surface area contributed by atoms with Crippen LogP contribution in [0.2, 0.25) is 5.02 Å². The third-order valence-corrected chi connectivity index (χ3v) is 5.95. The Balaban J connectivity index is 1.61. The number of nitrogens with one attached hydrogen (secondary N) is 1. The predicted octanol–water partition coefficient (Wildman–Crippen LogP) is 4.29. The Kier molecular flexibility index (Phi) is 4.32. The number of anilines is 1. The van der Waals surface area contributed by atoms with E-state index in [-0.39, 0.29) is 12.1 Å². The van der Waals surface area contributed by atoms with Gasteiger partial charge < -0.3 is 14.8 Å². The van der Waals surface area contributed by atoms with E-state index in [0.717, 1.165) is 39.5 Å². The first kappa shape index (κ1) is 18.8. The summed E-state index contributed by atoms with van der Waals surface area (Å²) in [5, 5.41) is 16.4. The van der Waals surface area contributed by atoms with Gasteiger partial charge in [0.15, 0.2) is 0 Å². The molecule has 0 amide bonds. The van der Waals surface area contributed by atoms with Gasteiger partial charge in [0.05, 0.1) is 12.8 Å². The molecule has 4 heterocycles. The van der Waals surface area contributed by atoms with Gasteiger partial charge in [0.2, 0.25) is 5.95 Å². The van der Waals surface area contributed by atoms with E-state index in [4.69, 9.17) is 21.1 Å². The van der Waals surface area contributed by atoms with Crippen LogP contribution in [0.3, 0.4) is 0 Å². The van der Waals surface area contributed by atoms with E-state index in [2.05, 4.69) is 25.8 Å². The van der Waals surface area contributed by atoms with Crippen LogP contribution in [-0.4, -0.2) is 32.3 Å². The number of nitrogens with zero attached hydrogens (tertiary/aromatic N) is 5. The molecule has 158 valence electrons. The number of ether oxygens (including phenoxy) is 2. The fourth-order valence-corrected chi connectivity index (χ4v) is 4.45. The lowest BCUT2D eigenvalue weighted by Gasteiger charge is -2.38. The summed E-state index contributed by atoms with van der Waals surface area (Å²) in [5.74, 6) is 2.05. The molecule has 2 aromatic carbocycles. The summed E-state index contributed by atoms with van der Waals surface area (Å²) in [4.78, 5) is 4.33. The van der Waals surface area contributed by atoms with Crippen molar-refractivity contribution in [3.05, 3.63) is 94.3 Å². The summed E-state index contributed by atoms with van der Waals surface area (Å²) < 4.78 is 13.7. The molecule has 32 heavy (non-hydrogen) atoms. The van der Waals surface area contributed by atoms with E-state index >= 15 is 0 Å². The smallest absolute Gasteiger partial charge is 0.248 e. The van der Waals surface area contributed by atoms with Crippen LogP contribution in [0, 0.1) is 0 Å². The Morgan fingerprint density at radius 1 is 1.09 bits per heavy atom. The molecule has 0 bridgehead atoms. The molecule has 2 aliphatic rings. The van der Waals surface area contributed by atoms with E-state index < -0.39 is 0 Å². The van der Waals surface area contributed by atoms with Gasteiger partial charge >= 0.3 is 0 Å². The van der Waals surface area contributed by atoms with Crippen LogP contribution in [0.25, 0.3) is 5.70 Å². The maximum absolute atomic E-state index is 6.56. The standard InChI is InChI=1S/C23H17ClN6O2/c1-31-16-7-4-13(5-8-16)22-19-20(17-11-15(24)6-9-18(17)32-22)26-23-27-28-29-30(23)21(19)14-3-2-10-25-12-14/h2-12,21-22H,1H3,(H,26,27,29)/t21-,22+/m0/s1. The Morgan fingerprint density at radius 2 is 1.97 bits per heavy atom. The number of methoxy groups -OCH3 is 1. The molecule has 2 aromatic heterocycles. The summed E-state index contributed by atoms with van der Waals surface area (Å²) in [7, 11) is 1.65. The van der Waals surface area contributed by atoms with Crippen molar-refractivity contribution in [3.8, 4) is 11.5 Å². The maximum Gasteiger partial charge on any atom is 0.248 e. The van der Waals surface area contributed by atoms with Crippen LogP contribution in [0.1, 0.15) is 28.8 Å². The van der Waals surface area contributed by atoms with E-state index in [1.165, 1.54) is 0 Å². The quantitative estimate of drug-likeness (QED) is 0.504. The van der Waals surface area contributed by atoms with E-state index in [1.807, 2.05) is 60.8 Å². The summed E-state index contributed by atoms with van der Waals surface area (Å²) in [5.41, 5.74) is 4.64. The number of aromatic nitrogens is 5. The molecule has 0 fully saturated rings. The summed E-state index contributed by atoms with van der Waals surface area (Å²) in [6.45, 7) is 0. The van der Waals surface area contributed by atoms with E-state index in [0.29, 0.717) is 11.0 Å². The molecule has 0 spiro atoms. The zero-order chi connectivity index (χ0) is 21.7. The average molecular weight is 445 g/mol. The van der Waals surface area contributed by atoms with Gasteiger partial charge in [0, 0.05) is 28.6 Å². The molecule has 0 saturated carbocycles. The van der Waals surface area contributed by atoms with Crippen molar-refractivity contribution in [1.82, 2.24) is 25.2 Å². The Labute approximate surface area is 188 Å². The zero-order valence-corrected chi connectivity index (χ0v) is 17.7. The monoisotopic (exact) mass is 444 g/mol. The van der Waals surface area contributed by atoms with Crippen LogP contribution < -0.4 is 14.8 Å². The third-order valence-electron chi connectivity index (χ3n) is 5.71. The molecule has 0 saturated heterocycles. The predicted molar refractivity (Wildman–Crippen MR) is 119 cm³/mol. The summed E-state index contributed by atoms with van der Waals surface area (Å²) in [6.07, 6.45) is 3.18. The van der Waals surface area contributed by atoms with Crippen LogP contribution in [0.15, 0.2) is 72.6 Å². The third kappa shape index (κ3) is 2.91. The second-order valence-corrected chi connectivity index (χ2v) is 7.94. The van der Waals surface area contributed by atoms with Crippen LogP contribution in [0.4, 0.5) is 5.95 Å². The molecule has 4 aromatic rings. The minimum atomic E-state index is -0.389. The first-order valence-corrected chi connectivity index (χ1v) is 10.4. The largest absolute Gasteiger partial charge is 0.497 e. The fourth-order valence-electron chi connectivity index (χ4n) is 4.28. The first-order chi connectivity index (χ1) is 15.7. The number of hydrogen-bond acceptors (Lipinski definition) is 7. The van der Waals surface area contributed by atoms with Crippen molar-refractivity contribution >= 4 is 23.2 Å². The second-order valence-electron chi connectivity index (χ2n) is 7.50. The molecule has 0 aliphatic carbocycles. The summed E-state index contributed by atoms with van der Waals surface area (Å²) >= 11 is 6.35. The molecule has 2 aliphatic heterocycles. The van der Waals surface area contributed by atoms with Crippen molar-refractivity contribution in [2.75, 3.05) is 12.4 Å². The molecular formula is C23H17ClN6O2. The lowest BCUT2D eigenvalue weighted by Crippen LogP contribution is -2.32. The first-order valence-electron chi connectivity index (χ1n) is 10.0. The number of hydrogen-bond donors (Lipinski definition) is 1. The molecule has 8 nitrogen and oxygen atoms in total. The van der Waals surface area contributed by atoms with Gasteiger partial charge in [-0.3, -0.25) is 4.98 Å². The van der Waals surface area contributed by atoms with Gasteiger partial charge in [-0.25, -0.2) is 0 Å². The van der Waals surface area contributed by atoms with Gasteiger partial charge in [-0.1, -0.05) is 34.9 Å². The zero-order valence-electron chi connectivity index (χ0n) is 16.9. The highest BCUT2D eigenvalue weighted by molar-refractivity contribution is 6.30.